The van der Waals surface area contributed by atoms with Gasteiger partial charge in [-0.25, -0.2) is 4.98 Å². The maximum Gasteiger partial charge on any atom is 0.270 e. The number of nitrogens with one attached hydrogen (secondary N) is 1. The number of carbonyl (C=O) groups excluding carboxylic acids is 1. The van der Waals surface area contributed by atoms with Crippen LogP contribution in [0.1, 0.15) is 29.0 Å². The number of pyridine rings is 1. The molecule has 1 atom stereocenters. The van der Waals surface area contributed by atoms with Crippen molar-refractivity contribution in [3.8, 4) is 0 Å². The van der Waals surface area contributed by atoms with Gasteiger partial charge in [-0.3, -0.25) is 4.79 Å². The maximum atomic E-state index is 12.4. The Bertz CT molecular complexity index is 832. The molecule has 0 aliphatic heterocycles. The van der Waals surface area contributed by atoms with Crippen molar-refractivity contribution in [1.82, 2.24) is 10.3 Å². The Balaban J connectivity index is 1.82. The highest BCUT2D eigenvalue weighted by Crippen LogP contribution is 2.23. The van der Waals surface area contributed by atoms with E-state index in [1.807, 2.05) is 61.5 Å². The third kappa shape index (κ3) is 3.02. The Morgan fingerprint density at radius 3 is 2.59 bits per heavy atom. The molecule has 1 amide bonds. The number of carbonyl (C=O) groups is 1. The third-order valence-electron chi connectivity index (χ3n) is 3.55. The fraction of sp³-hybridized carbons (Fsp3) is 0.111. The molecule has 0 radical (unpaired) electrons. The van der Waals surface area contributed by atoms with Crippen LogP contribution in [0.4, 0.5) is 0 Å². The lowest BCUT2D eigenvalue weighted by Crippen LogP contribution is -2.27. The van der Waals surface area contributed by atoms with Crippen molar-refractivity contribution in [3.05, 3.63) is 76.4 Å². The van der Waals surface area contributed by atoms with Gasteiger partial charge in [0.15, 0.2) is 0 Å². The Hall–Kier alpha value is -2.20. The van der Waals surface area contributed by atoms with Crippen LogP contribution in [0.5, 0.6) is 0 Å². The summed E-state index contributed by atoms with van der Waals surface area (Å²) in [6.45, 7) is 1.96. The summed E-state index contributed by atoms with van der Waals surface area (Å²) in [4.78, 5) is 16.8. The van der Waals surface area contributed by atoms with E-state index >= 15 is 0 Å². The van der Waals surface area contributed by atoms with E-state index in [0.717, 1.165) is 20.9 Å². The van der Waals surface area contributed by atoms with Crippen molar-refractivity contribution in [2.75, 3.05) is 0 Å². The van der Waals surface area contributed by atoms with Crippen molar-refractivity contribution >= 4 is 32.7 Å². The summed E-state index contributed by atoms with van der Waals surface area (Å²) in [7, 11) is 0. The van der Waals surface area contributed by atoms with E-state index < -0.39 is 0 Å². The molecule has 0 bridgehead atoms. The fourth-order valence-corrected chi connectivity index (χ4v) is 3.00. The molecule has 1 heterocycles. The van der Waals surface area contributed by atoms with E-state index in [1.54, 1.807) is 6.07 Å². The second-order valence-corrected chi connectivity index (χ2v) is 5.96. The summed E-state index contributed by atoms with van der Waals surface area (Å²) >= 11 is 3.51. The molecule has 22 heavy (non-hydrogen) atoms. The molecule has 3 aromatic rings. The second kappa shape index (κ2) is 6.28. The van der Waals surface area contributed by atoms with Crippen LogP contribution in [0.25, 0.3) is 10.9 Å². The van der Waals surface area contributed by atoms with E-state index in [9.17, 15) is 4.79 Å². The van der Waals surface area contributed by atoms with Gasteiger partial charge in [0.05, 0.1) is 11.6 Å². The Morgan fingerprint density at radius 2 is 1.77 bits per heavy atom. The van der Waals surface area contributed by atoms with Gasteiger partial charge in [0.25, 0.3) is 5.91 Å². The maximum absolute atomic E-state index is 12.4. The lowest BCUT2D eigenvalue weighted by Gasteiger charge is -2.15. The molecule has 110 valence electrons. The zero-order chi connectivity index (χ0) is 15.5. The van der Waals surface area contributed by atoms with Gasteiger partial charge in [-0.2, -0.15) is 0 Å². The van der Waals surface area contributed by atoms with Crippen molar-refractivity contribution in [2.24, 2.45) is 0 Å². The number of fused-ring (bicyclic) bond motifs is 1. The van der Waals surface area contributed by atoms with Crippen LogP contribution in [0.15, 0.2) is 65.1 Å². The molecule has 0 spiro atoms. The zero-order valence-electron chi connectivity index (χ0n) is 12.1. The highest BCUT2D eigenvalue weighted by molar-refractivity contribution is 9.10. The Labute approximate surface area is 137 Å². The normalized spacial score (nSPS) is 12.1. The number of nitrogens with zero attached hydrogens (tertiary/aromatic N) is 1. The SMILES string of the molecule is C[C@@H](NC(=O)c1ccc2ccccc2n1)c1ccccc1Br. The number of benzene rings is 2. The van der Waals surface area contributed by atoms with Crippen LogP contribution < -0.4 is 5.32 Å². The number of rotatable bonds is 3. The van der Waals surface area contributed by atoms with Gasteiger partial charge in [0.1, 0.15) is 5.69 Å². The van der Waals surface area contributed by atoms with Gasteiger partial charge < -0.3 is 5.32 Å². The standard InChI is InChI=1S/C18H15BrN2O/c1-12(14-7-3-4-8-15(14)19)20-18(22)17-11-10-13-6-2-5-9-16(13)21-17/h2-12H,1H3,(H,20,22)/t12-/m1/s1. The minimum absolute atomic E-state index is 0.101. The molecule has 0 fully saturated rings. The minimum atomic E-state index is -0.172. The largest absolute Gasteiger partial charge is 0.344 e. The summed E-state index contributed by atoms with van der Waals surface area (Å²) < 4.78 is 0.981. The minimum Gasteiger partial charge on any atom is -0.344 e. The summed E-state index contributed by atoms with van der Waals surface area (Å²) in [6.07, 6.45) is 0. The van der Waals surface area contributed by atoms with Crippen molar-refractivity contribution in [3.63, 3.8) is 0 Å². The van der Waals surface area contributed by atoms with Crippen LogP contribution in [-0.4, -0.2) is 10.9 Å². The second-order valence-electron chi connectivity index (χ2n) is 5.11. The molecule has 0 aliphatic carbocycles. The van der Waals surface area contributed by atoms with E-state index in [-0.39, 0.29) is 11.9 Å². The summed E-state index contributed by atoms with van der Waals surface area (Å²) in [5.74, 6) is -0.172. The topological polar surface area (TPSA) is 42.0 Å². The van der Waals surface area contributed by atoms with E-state index in [0.29, 0.717) is 5.69 Å². The van der Waals surface area contributed by atoms with Gasteiger partial charge in [0, 0.05) is 9.86 Å². The third-order valence-corrected chi connectivity index (χ3v) is 4.27. The number of aromatic nitrogens is 1. The number of para-hydroxylation sites is 1. The predicted molar refractivity (Wildman–Crippen MR) is 91.8 cm³/mol. The quantitative estimate of drug-likeness (QED) is 0.752. The Kier molecular flexibility index (Phi) is 4.20. The molecular weight excluding hydrogens is 340 g/mol. The van der Waals surface area contributed by atoms with Crippen LogP contribution in [-0.2, 0) is 0 Å². The van der Waals surface area contributed by atoms with Gasteiger partial charge in [0.2, 0.25) is 0 Å². The lowest BCUT2D eigenvalue weighted by atomic mass is 10.1. The predicted octanol–water partition coefficient (Wildman–Crippen LogP) is 4.49. The molecule has 0 aliphatic rings. The molecule has 4 heteroatoms. The molecule has 0 saturated heterocycles. The molecule has 3 nitrogen and oxygen atoms in total. The molecule has 1 N–H and O–H groups in total. The fourth-order valence-electron chi connectivity index (χ4n) is 2.37. The summed E-state index contributed by atoms with van der Waals surface area (Å²) in [5.41, 5.74) is 2.29. The molecule has 3 rings (SSSR count). The smallest absolute Gasteiger partial charge is 0.270 e. The number of amides is 1. The molecule has 0 saturated carbocycles. The number of hydrogen-bond acceptors (Lipinski definition) is 2. The average Bonchev–Trinajstić information content (AvgIpc) is 2.54. The highest BCUT2D eigenvalue weighted by Gasteiger charge is 2.14. The highest BCUT2D eigenvalue weighted by atomic mass is 79.9. The van der Waals surface area contributed by atoms with Gasteiger partial charge >= 0.3 is 0 Å². The first-order chi connectivity index (χ1) is 10.6. The number of halogens is 1. The van der Waals surface area contributed by atoms with Crippen molar-refractivity contribution in [2.45, 2.75) is 13.0 Å². The van der Waals surface area contributed by atoms with E-state index in [4.69, 9.17) is 0 Å². The molecule has 0 unspecified atom stereocenters. The van der Waals surface area contributed by atoms with Crippen molar-refractivity contribution < 1.29 is 4.79 Å². The molecule has 2 aromatic carbocycles. The van der Waals surface area contributed by atoms with Crippen LogP contribution in [0, 0.1) is 0 Å². The zero-order valence-corrected chi connectivity index (χ0v) is 13.7. The molecular formula is C18H15BrN2O. The van der Waals surface area contributed by atoms with Gasteiger partial charge in [-0.15, -0.1) is 0 Å². The van der Waals surface area contributed by atoms with Crippen LogP contribution in [0.3, 0.4) is 0 Å². The average molecular weight is 355 g/mol. The van der Waals surface area contributed by atoms with E-state index in [2.05, 4.69) is 26.2 Å². The summed E-state index contributed by atoms with van der Waals surface area (Å²) in [6, 6.07) is 19.2. The van der Waals surface area contributed by atoms with E-state index in [1.165, 1.54) is 0 Å². The first kappa shape index (κ1) is 14.7. The number of hydrogen-bond donors (Lipinski definition) is 1. The van der Waals surface area contributed by atoms with Gasteiger partial charge in [-0.05, 0) is 30.7 Å². The summed E-state index contributed by atoms with van der Waals surface area (Å²) in [5, 5.41) is 4.01. The van der Waals surface area contributed by atoms with Gasteiger partial charge in [-0.1, -0.05) is 58.4 Å². The first-order valence-corrected chi connectivity index (χ1v) is 7.85. The van der Waals surface area contributed by atoms with Crippen LogP contribution in [0.2, 0.25) is 0 Å². The monoisotopic (exact) mass is 354 g/mol. The lowest BCUT2D eigenvalue weighted by molar-refractivity contribution is 0.0935. The molecule has 1 aromatic heterocycles. The first-order valence-electron chi connectivity index (χ1n) is 7.06. The van der Waals surface area contributed by atoms with Crippen molar-refractivity contribution in [1.29, 1.82) is 0 Å². The Morgan fingerprint density at radius 1 is 1.05 bits per heavy atom. The van der Waals surface area contributed by atoms with Crippen LogP contribution >= 0.6 is 15.9 Å².